The van der Waals surface area contributed by atoms with Gasteiger partial charge in [-0.2, -0.15) is 0 Å². The number of hydrogen-bond donors (Lipinski definition) is 0. The average molecular weight is 312 g/mol. The summed E-state index contributed by atoms with van der Waals surface area (Å²) < 4.78 is 0.961. The molecule has 0 bridgehead atoms. The van der Waals surface area contributed by atoms with Crippen molar-refractivity contribution >= 4 is 5.91 Å². The SMILES string of the molecule is CCCCCCCCCCCC[N+](C)(C)CN1CCCC1=O. The van der Waals surface area contributed by atoms with E-state index in [0.717, 1.165) is 30.5 Å². The number of carbonyl (C=O) groups excluding carboxylic acids is 1. The number of hydrogen-bond acceptors (Lipinski definition) is 1. The van der Waals surface area contributed by atoms with Crippen LogP contribution in [-0.4, -0.2) is 49.1 Å². The maximum atomic E-state index is 11.7. The second kappa shape index (κ2) is 11.0. The Morgan fingerprint density at radius 3 is 1.95 bits per heavy atom. The number of quaternary nitrogens is 1. The van der Waals surface area contributed by atoms with Gasteiger partial charge in [-0.3, -0.25) is 9.69 Å². The van der Waals surface area contributed by atoms with Gasteiger partial charge in [-0.05, 0) is 19.3 Å². The fourth-order valence-corrected chi connectivity index (χ4v) is 3.41. The van der Waals surface area contributed by atoms with Crippen molar-refractivity contribution in [1.29, 1.82) is 0 Å². The highest BCUT2D eigenvalue weighted by molar-refractivity contribution is 5.77. The van der Waals surface area contributed by atoms with Gasteiger partial charge in [0.1, 0.15) is 0 Å². The smallest absolute Gasteiger partial charge is 0.226 e. The van der Waals surface area contributed by atoms with Crippen LogP contribution in [0.5, 0.6) is 0 Å². The summed E-state index contributed by atoms with van der Waals surface area (Å²) in [6.07, 6.45) is 15.7. The molecule has 0 saturated carbocycles. The van der Waals surface area contributed by atoms with Crippen LogP contribution in [0.15, 0.2) is 0 Å². The van der Waals surface area contributed by atoms with Crippen molar-refractivity contribution in [3.05, 3.63) is 0 Å². The Morgan fingerprint density at radius 1 is 0.909 bits per heavy atom. The van der Waals surface area contributed by atoms with Crippen LogP contribution in [0.4, 0.5) is 0 Å². The van der Waals surface area contributed by atoms with E-state index in [4.69, 9.17) is 0 Å². The Bertz CT molecular complexity index is 302. The minimum Gasteiger partial charge on any atom is -0.311 e. The third kappa shape index (κ3) is 8.77. The standard InChI is InChI=1S/C19H39N2O/c1-4-5-6-7-8-9-10-11-12-13-17-21(2,3)18-20-16-14-15-19(20)22/h4-18H2,1-3H3/q+1. The summed E-state index contributed by atoms with van der Waals surface area (Å²) >= 11 is 0. The highest BCUT2D eigenvalue weighted by Crippen LogP contribution is 2.15. The molecule has 0 N–H and O–H groups in total. The Kier molecular flexibility index (Phi) is 9.77. The molecule has 1 amide bonds. The molecular formula is C19H39N2O+. The molecule has 0 unspecified atom stereocenters. The first-order chi connectivity index (χ1) is 10.5. The average Bonchev–Trinajstić information content (AvgIpc) is 2.85. The minimum atomic E-state index is 0.356. The lowest BCUT2D eigenvalue weighted by Crippen LogP contribution is -2.49. The van der Waals surface area contributed by atoms with Gasteiger partial charge in [0, 0.05) is 13.0 Å². The van der Waals surface area contributed by atoms with Crippen LogP contribution < -0.4 is 0 Å². The Hall–Kier alpha value is -0.570. The molecule has 1 aliphatic heterocycles. The van der Waals surface area contributed by atoms with E-state index >= 15 is 0 Å². The van der Waals surface area contributed by atoms with Crippen molar-refractivity contribution in [1.82, 2.24) is 4.90 Å². The van der Waals surface area contributed by atoms with Gasteiger partial charge in [-0.25, -0.2) is 0 Å². The number of likely N-dealkylation sites (tertiary alicyclic amines) is 1. The molecule has 0 aromatic carbocycles. The Balaban J connectivity index is 1.95. The summed E-state index contributed by atoms with van der Waals surface area (Å²) in [7, 11) is 4.53. The lowest BCUT2D eigenvalue weighted by atomic mass is 10.1. The second-order valence-electron chi connectivity index (χ2n) is 7.74. The highest BCUT2D eigenvalue weighted by Gasteiger charge is 2.26. The first-order valence-corrected chi connectivity index (χ1v) is 9.65. The summed E-state index contributed by atoms with van der Waals surface area (Å²) in [5.74, 6) is 0.356. The largest absolute Gasteiger partial charge is 0.311 e. The van der Waals surface area contributed by atoms with E-state index in [1.807, 2.05) is 0 Å². The molecule has 0 atom stereocenters. The summed E-state index contributed by atoms with van der Waals surface area (Å²) in [6.45, 7) is 5.34. The second-order valence-corrected chi connectivity index (χ2v) is 7.74. The van der Waals surface area contributed by atoms with E-state index in [1.54, 1.807) is 0 Å². The van der Waals surface area contributed by atoms with Gasteiger partial charge in [-0.15, -0.1) is 0 Å². The van der Waals surface area contributed by atoms with Gasteiger partial charge in [-0.1, -0.05) is 58.3 Å². The molecule has 1 rings (SSSR count). The van der Waals surface area contributed by atoms with Crippen molar-refractivity contribution in [2.45, 2.75) is 84.0 Å². The molecule has 1 heterocycles. The van der Waals surface area contributed by atoms with E-state index < -0.39 is 0 Å². The van der Waals surface area contributed by atoms with Crippen molar-refractivity contribution in [2.75, 3.05) is 33.9 Å². The quantitative estimate of drug-likeness (QED) is 0.360. The fraction of sp³-hybridized carbons (Fsp3) is 0.947. The molecule has 0 aromatic rings. The zero-order valence-electron chi connectivity index (χ0n) is 15.4. The third-order valence-electron chi connectivity index (χ3n) is 4.84. The fourth-order valence-electron chi connectivity index (χ4n) is 3.41. The third-order valence-corrected chi connectivity index (χ3v) is 4.84. The van der Waals surface area contributed by atoms with Gasteiger partial charge >= 0.3 is 0 Å². The van der Waals surface area contributed by atoms with Crippen LogP contribution in [0.3, 0.4) is 0 Å². The molecule has 0 radical (unpaired) electrons. The molecule has 1 fully saturated rings. The zero-order chi connectivity index (χ0) is 16.3. The summed E-state index contributed by atoms with van der Waals surface area (Å²) in [4.78, 5) is 13.8. The normalized spacial score (nSPS) is 15.8. The molecule has 130 valence electrons. The maximum absolute atomic E-state index is 11.7. The lowest BCUT2D eigenvalue weighted by molar-refractivity contribution is -0.899. The van der Waals surface area contributed by atoms with Crippen LogP contribution in [0.1, 0.15) is 84.0 Å². The van der Waals surface area contributed by atoms with Crippen LogP contribution >= 0.6 is 0 Å². The minimum absolute atomic E-state index is 0.356. The lowest BCUT2D eigenvalue weighted by Gasteiger charge is -2.33. The number of carbonyl (C=O) groups is 1. The number of unbranched alkanes of at least 4 members (excludes halogenated alkanes) is 9. The van der Waals surface area contributed by atoms with Crippen molar-refractivity contribution in [3.8, 4) is 0 Å². The summed E-state index contributed by atoms with van der Waals surface area (Å²) in [5.41, 5.74) is 0. The van der Waals surface area contributed by atoms with E-state index in [1.165, 1.54) is 70.8 Å². The summed E-state index contributed by atoms with van der Waals surface area (Å²) in [6, 6.07) is 0. The van der Waals surface area contributed by atoms with Crippen LogP contribution in [0.25, 0.3) is 0 Å². The zero-order valence-corrected chi connectivity index (χ0v) is 15.4. The molecule has 1 aliphatic rings. The molecule has 3 nitrogen and oxygen atoms in total. The number of amides is 1. The topological polar surface area (TPSA) is 20.3 Å². The van der Waals surface area contributed by atoms with E-state index in [-0.39, 0.29) is 0 Å². The molecule has 0 spiro atoms. The predicted octanol–water partition coefficient (Wildman–Crippen LogP) is 4.56. The molecule has 0 aliphatic carbocycles. The van der Waals surface area contributed by atoms with E-state index in [0.29, 0.717) is 5.91 Å². The Labute approximate surface area is 138 Å². The summed E-state index contributed by atoms with van der Waals surface area (Å²) in [5, 5.41) is 0. The first kappa shape index (κ1) is 19.5. The molecular weight excluding hydrogens is 272 g/mol. The van der Waals surface area contributed by atoms with E-state index in [2.05, 4.69) is 25.9 Å². The number of rotatable bonds is 13. The van der Waals surface area contributed by atoms with Crippen LogP contribution in [0.2, 0.25) is 0 Å². The maximum Gasteiger partial charge on any atom is 0.226 e. The molecule has 1 saturated heterocycles. The van der Waals surface area contributed by atoms with Gasteiger partial charge in [0.15, 0.2) is 6.67 Å². The number of nitrogens with zero attached hydrogens (tertiary/aromatic N) is 2. The van der Waals surface area contributed by atoms with Gasteiger partial charge in [0.25, 0.3) is 0 Å². The van der Waals surface area contributed by atoms with Crippen LogP contribution in [0, 0.1) is 0 Å². The van der Waals surface area contributed by atoms with Gasteiger partial charge < -0.3 is 4.48 Å². The first-order valence-electron chi connectivity index (χ1n) is 9.65. The highest BCUT2D eigenvalue weighted by atomic mass is 16.2. The molecule has 0 aromatic heterocycles. The van der Waals surface area contributed by atoms with Crippen LogP contribution in [-0.2, 0) is 4.79 Å². The van der Waals surface area contributed by atoms with E-state index in [9.17, 15) is 4.79 Å². The van der Waals surface area contributed by atoms with Gasteiger partial charge in [0.05, 0.1) is 20.6 Å². The monoisotopic (exact) mass is 311 g/mol. The Morgan fingerprint density at radius 2 is 1.45 bits per heavy atom. The van der Waals surface area contributed by atoms with Gasteiger partial charge in [0.2, 0.25) is 5.91 Å². The molecule has 3 heteroatoms. The van der Waals surface area contributed by atoms with Crippen molar-refractivity contribution in [2.24, 2.45) is 0 Å². The predicted molar refractivity (Wildman–Crippen MR) is 94.6 cm³/mol. The van der Waals surface area contributed by atoms with Crippen molar-refractivity contribution in [3.63, 3.8) is 0 Å². The van der Waals surface area contributed by atoms with Crippen molar-refractivity contribution < 1.29 is 9.28 Å². The molecule has 22 heavy (non-hydrogen) atoms.